The lowest BCUT2D eigenvalue weighted by atomic mass is 9.89. The minimum Gasteiger partial charge on any atom is -0.494 e. The number of amides is 1. The molecule has 1 heterocycles. The molecule has 0 unspecified atom stereocenters. The van der Waals surface area contributed by atoms with Gasteiger partial charge >= 0.3 is 0 Å². The van der Waals surface area contributed by atoms with E-state index in [4.69, 9.17) is 16.3 Å². The Bertz CT molecular complexity index is 590. The Labute approximate surface area is 152 Å². The number of nitrogens with zero attached hydrogens (tertiary/aromatic N) is 1. The first-order chi connectivity index (χ1) is 11.8. The first kappa shape index (κ1) is 19.9. The van der Waals surface area contributed by atoms with Crippen molar-refractivity contribution in [2.75, 3.05) is 33.8 Å². The number of carbonyl (C=O) groups excluding carboxylic acids is 1. The molecule has 7 heteroatoms. The summed E-state index contributed by atoms with van der Waals surface area (Å²) in [6.45, 7) is 1.51. The molecule has 0 bridgehead atoms. The summed E-state index contributed by atoms with van der Waals surface area (Å²) in [6, 6.07) is 4.76. The molecule has 4 nitrogen and oxygen atoms in total. The van der Waals surface area contributed by atoms with Gasteiger partial charge in [-0.3, -0.25) is 4.79 Å². The van der Waals surface area contributed by atoms with Crippen molar-refractivity contribution in [1.29, 1.82) is 0 Å². The molecule has 0 radical (unpaired) electrons. The highest BCUT2D eigenvalue weighted by Gasteiger charge is 2.39. The number of halogens is 3. The van der Waals surface area contributed by atoms with Gasteiger partial charge in [0.15, 0.2) is 0 Å². The number of rotatable bonds is 7. The van der Waals surface area contributed by atoms with Crippen molar-refractivity contribution in [3.63, 3.8) is 0 Å². The second-order valence-corrected chi connectivity index (χ2v) is 6.99. The average molecular weight is 375 g/mol. The van der Waals surface area contributed by atoms with Crippen LogP contribution >= 0.6 is 11.6 Å². The van der Waals surface area contributed by atoms with Crippen molar-refractivity contribution in [3.8, 4) is 5.75 Å². The van der Waals surface area contributed by atoms with Crippen molar-refractivity contribution >= 4 is 17.5 Å². The molecule has 140 valence electrons. The summed E-state index contributed by atoms with van der Waals surface area (Å²) in [5, 5.41) is 3.39. The van der Waals surface area contributed by atoms with Crippen LogP contribution in [0.25, 0.3) is 0 Å². The number of alkyl halides is 2. The van der Waals surface area contributed by atoms with Crippen molar-refractivity contribution in [2.45, 2.75) is 31.6 Å². The third kappa shape index (κ3) is 5.54. The molecule has 1 amide bonds. The molecule has 0 aliphatic carbocycles. The van der Waals surface area contributed by atoms with Gasteiger partial charge in [0.25, 0.3) is 11.8 Å². The first-order valence-corrected chi connectivity index (χ1v) is 8.91. The molecule has 1 aliphatic rings. The quantitative estimate of drug-likeness (QED) is 0.737. The third-order valence-corrected chi connectivity index (χ3v) is 4.75. The van der Waals surface area contributed by atoms with E-state index in [0.29, 0.717) is 37.2 Å². The summed E-state index contributed by atoms with van der Waals surface area (Å²) >= 11 is 6.10. The predicted octanol–water partition coefficient (Wildman–Crippen LogP) is 3.84. The number of carbonyl (C=O) groups is 1. The number of ether oxygens (including phenoxy) is 1. The van der Waals surface area contributed by atoms with Gasteiger partial charge in [0.2, 0.25) is 0 Å². The van der Waals surface area contributed by atoms with Crippen LogP contribution in [0.4, 0.5) is 8.78 Å². The molecule has 25 heavy (non-hydrogen) atoms. The van der Waals surface area contributed by atoms with Crippen LogP contribution < -0.4 is 10.1 Å². The SMILES string of the molecule is CN(C)C(=O)c1ccc(OCCCC(F)(F)C2CCNCC2)cc1Cl. The van der Waals surface area contributed by atoms with E-state index in [1.807, 2.05) is 0 Å². The summed E-state index contributed by atoms with van der Waals surface area (Å²) < 4.78 is 33.9. The zero-order valence-electron chi connectivity index (χ0n) is 14.7. The fourth-order valence-electron chi connectivity index (χ4n) is 2.95. The van der Waals surface area contributed by atoms with E-state index < -0.39 is 11.8 Å². The molecule has 2 rings (SSSR count). The van der Waals surface area contributed by atoms with Gasteiger partial charge in [0, 0.05) is 26.4 Å². The predicted molar refractivity (Wildman–Crippen MR) is 94.7 cm³/mol. The van der Waals surface area contributed by atoms with Gasteiger partial charge in [0.1, 0.15) is 5.75 Å². The summed E-state index contributed by atoms with van der Waals surface area (Å²) in [5.41, 5.74) is 0.386. The van der Waals surface area contributed by atoms with Crippen LogP contribution in [0.2, 0.25) is 5.02 Å². The van der Waals surface area contributed by atoms with Crippen LogP contribution in [-0.4, -0.2) is 50.5 Å². The van der Waals surface area contributed by atoms with Crippen molar-refractivity contribution in [2.24, 2.45) is 5.92 Å². The van der Waals surface area contributed by atoms with Gasteiger partial charge < -0.3 is 15.0 Å². The smallest absolute Gasteiger partial charge is 0.254 e. The second-order valence-electron chi connectivity index (χ2n) is 6.58. The maximum atomic E-state index is 14.2. The van der Waals surface area contributed by atoms with Gasteiger partial charge in [-0.05, 0) is 50.6 Å². The topological polar surface area (TPSA) is 41.6 Å². The molecular weight excluding hydrogens is 350 g/mol. The number of benzene rings is 1. The zero-order chi connectivity index (χ0) is 18.4. The highest BCUT2D eigenvalue weighted by molar-refractivity contribution is 6.34. The second kappa shape index (κ2) is 8.81. The van der Waals surface area contributed by atoms with Crippen molar-refractivity contribution in [1.82, 2.24) is 10.2 Å². The molecule has 0 aromatic heterocycles. The fraction of sp³-hybridized carbons (Fsp3) is 0.611. The maximum absolute atomic E-state index is 14.2. The van der Waals surface area contributed by atoms with Crippen molar-refractivity contribution in [3.05, 3.63) is 28.8 Å². The molecule has 1 N–H and O–H groups in total. The van der Waals surface area contributed by atoms with E-state index in [9.17, 15) is 13.6 Å². The zero-order valence-corrected chi connectivity index (χ0v) is 15.4. The maximum Gasteiger partial charge on any atom is 0.254 e. The van der Waals surface area contributed by atoms with Crippen LogP contribution in [0.3, 0.4) is 0 Å². The average Bonchev–Trinajstić information content (AvgIpc) is 2.59. The molecule has 1 aliphatic heterocycles. The standard InChI is InChI=1S/C18H25ClF2N2O2/c1-23(2)17(24)15-5-4-14(12-16(15)19)25-11-3-8-18(20,21)13-6-9-22-10-7-13/h4-5,12-13,22H,3,6-11H2,1-2H3. The summed E-state index contributed by atoms with van der Waals surface area (Å²) in [6.07, 6.45) is 1.13. The van der Waals surface area contributed by atoms with Crippen LogP contribution in [0.15, 0.2) is 18.2 Å². The fourth-order valence-corrected chi connectivity index (χ4v) is 3.20. The number of hydrogen-bond donors (Lipinski definition) is 1. The van der Waals surface area contributed by atoms with E-state index in [-0.39, 0.29) is 30.4 Å². The van der Waals surface area contributed by atoms with Crippen LogP contribution in [0, 0.1) is 5.92 Å². The van der Waals surface area contributed by atoms with Crippen LogP contribution in [0.1, 0.15) is 36.0 Å². The Hall–Kier alpha value is -1.40. The molecule has 0 spiro atoms. The monoisotopic (exact) mass is 374 g/mol. The van der Waals surface area contributed by atoms with Gasteiger partial charge in [-0.25, -0.2) is 8.78 Å². The Morgan fingerprint density at radius 2 is 2.04 bits per heavy atom. The Kier molecular flexibility index (Phi) is 7.02. The highest BCUT2D eigenvalue weighted by atomic mass is 35.5. The minimum absolute atomic E-state index is 0.178. The largest absolute Gasteiger partial charge is 0.494 e. The van der Waals surface area contributed by atoms with E-state index in [0.717, 1.165) is 0 Å². The lowest BCUT2D eigenvalue weighted by molar-refractivity contribution is -0.0778. The molecule has 1 saturated heterocycles. The number of nitrogens with one attached hydrogen (secondary N) is 1. The molecule has 0 saturated carbocycles. The van der Waals surface area contributed by atoms with Crippen molar-refractivity contribution < 1.29 is 18.3 Å². The Morgan fingerprint density at radius 3 is 2.64 bits per heavy atom. The summed E-state index contributed by atoms with van der Waals surface area (Å²) in [7, 11) is 3.29. The summed E-state index contributed by atoms with van der Waals surface area (Å²) in [4.78, 5) is 13.3. The number of hydrogen-bond acceptors (Lipinski definition) is 3. The summed E-state index contributed by atoms with van der Waals surface area (Å²) in [5.74, 6) is -2.91. The molecular formula is C18H25ClF2N2O2. The molecule has 1 aromatic carbocycles. The first-order valence-electron chi connectivity index (χ1n) is 8.54. The lowest BCUT2D eigenvalue weighted by Crippen LogP contribution is -2.38. The Balaban J connectivity index is 1.81. The third-order valence-electron chi connectivity index (χ3n) is 4.44. The highest BCUT2D eigenvalue weighted by Crippen LogP contribution is 2.35. The minimum atomic E-state index is -2.65. The van der Waals surface area contributed by atoms with Gasteiger partial charge in [-0.1, -0.05) is 11.6 Å². The van der Waals surface area contributed by atoms with Crippen LogP contribution in [0.5, 0.6) is 5.75 Å². The van der Waals surface area contributed by atoms with E-state index in [1.54, 1.807) is 32.3 Å². The van der Waals surface area contributed by atoms with Gasteiger partial charge in [0.05, 0.1) is 17.2 Å². The molecule has 0 atom stereocenters. The number of piperidine rings is 1. The van der Waals surface area contributed by atoms with Gasteiger partial charge in [-0.2, -0.15) is 0 Å². The van der Waals surface area contributed by atoms with Gasteiger partial charge in [-0.15, -0.1) is 0 Å². The molecule has 1 aromatic rings. The Morgan fingerprint density at radius 1 is 1.36 bits per heavy atom. The van der Waals surface area contributed by atoms with E-state index in [2.05, 4.69) is 5.32 Å². The van der Waals surface area contributed by atoms with E-state index >= 15 is 0 Å². The van der Waals surface area contributed by atoms with Crippen LogP contribution in [-0.2, 0) is 0 Å². The van der Waals surface area contributed by atoms with E-state index in [1.165, 1.54) is 4.90 Å². The molecule has 1 fully saturated rings. The normalized spacial score (nSPS) is 15.9. The lowest BCUT2D eigenvalue weighted by Gasteiger charge is -2.30.